The number of aromatic carboxylic acids is 1. The Labute approximate surface area is 141 Å². The highest BCUT2D eigenvalue weighted by molar-refractivity contribution is 5.87. The van der Waals surface area contributed by atoms with Gasteiger partial charge in [0.2, 0.25) is 0 Å². The lowest BCUT2D eigenvalue weighted by Gasteiger charge is -2.24. The van der Waals surface area contributed by atoms with Crippen molar-refractivity contribution in [2.45, 2.75) is 59.2 Å². The smallest absolute Gasteiger partial charge is 0.356 e. The standard InChI is InChI=1S/C17H24N4O3/c1-10(2)9-21-15-5-4-12(7-14(15)16(19-21)17(22)23)18-8-13-6-11(3)24-20-13/h6,10,12,18H,4-5,7-9H2,1-3H3,(H,22,23). The van der Waals surface area contributed by atoms with Gasteiger partial charge in [-0.1, -0.05) is 19.0 Å². The van der Waals surface area contributed by atoms with Crippen LogP contribution in [0.1, 0.15) is 53.5 Å². The highest BCUT2D eigenvalue weighted by Crippen LogP contribution is 2.26. The van der Waals surface area contributed by atoms with Gasteiger partial charge in [-0.15, -0.1) is 0 Å². The number of carboxylic acids is 1. The van der Waals surface area contributed by atoms with Crippen LogP contribution in [0.2, 0.25) is 0 Å². The average molecular weight is 332 g/mol. The fourth-order valence-corrected chi connectivity index (χ4v) is 3.28. The Morgan fingerprint density at radius 3 is 2.96 bits per heavy atom. The Morgan fingerprint density at radius 2 is 2.33 bits per heavy atom. The molecule has 24 heavy (non-hydrogen) atoms. The minimum atomic E-state index is -0.943. The van der Waals surface area contributed by atoms with Gasteiger partial charge in [-0.2, -0.15) is 5.10 Å². The minimum Gasteiger partial charge on any atom is -0.476 e. The van der Waals surface area contributed by atoms with E-state index in [1.807, 2.05) is 17.7 Å². The van der Waals surface area contributed by atoms with Crippen molar-refractivity contribution in [1.82, 2.24) is 20.3 Å². The number of carbonyl (C=O) groups is 1. The third-order valence-corrected chi connectivity index (χ3v) is 4.34. The number of aromatic nitrogens is 3. The number of aryl methyl sites for hydroxylation is 1. The van der Waals surface area contributed by atoms with Crippen LogP contribution < -0.4 is 5.32 Å². The molecular formula is C17H24N4O3. The predicted octanol–water partition coefficient (Wildman–Crippen LogP) is 2.18. The maximum atomic E-state index is 11.5. The lowest BCUT2D eigenvalue weighted by atomic mass is 9.91. The summed E-state index contributed by atoms with van der Waals surface area (Å²) in [6.45, 7) is 7.47. The molecule has 2 aromatic heterocycles. The molecule has 0 saturated carbocycles. The highest BCUT2D eigenvalue weighted by Gasteiger charge is 2.29. The van der Waals surface area contributed by atoms with E-state index in [-0.39, 0.29) is 11.7 Å². The Kier molecular flexibility index (Phi) is 4.71. The predicted molar refractivity (Wildman–Crippen MR) is 87.9 cm³/mol. The van der Waals surface area contributed by atoms with Crippen LogP contribution in [0.5, 0.6) is 0 Å². The van der Waals surface area contributed by atoms with E-state index in [1.54, 1.807) is 0 Å². The first-order chi connectivity index (χ1) is 11.4. The number of hydrogen-bond acceptors (Lipinski definition) is 5. The summed E-state index contributed by atoms with van der Waals surface area (Å²) < 4.78 is 6.96. The molecule has 1 aliphatic rings. The van der Waals surface area contributed by atoms with Crippen molar-refractivity contribution in [3.63, 3.8) is 0 Å². The van der Waals surface area contributed by atoms with Gasteiger partial charge >= 0.3 is 5.97 Å². The first-order valence-corrected chi connectivity index (χ1v) is 8.41. The van der Waals surface area contributed by atoms with E-state index in [2.05, 4.69) is 29.4 Å². The van der Waals surface area contributed by atoms with Gasteiger partial charge in [-0.05, 0) is 32.1 Å². The van der Waals surface area contributed by atoms with Crippen LogP contribution in [-0.4, -0.2) is 32.1 Å². The molecule has 2 heterocycles. The van der Waals surface area contributed by atoms with Crippen LogP contribution in [-0.2, 0) is 25.9 Å². The number of nitrogens with zero attached hydrogens (tertiary/aromatic N) is 3. The summed E-state index contributed by atoms with van der Waals surface area (Å²) in [5.41, 5.74) is 3.03. The monoisotopic (exact) mass is 332 g/mol. The third kappa shape index (κ3) is 3.51. The molecule has 0 aromatic carbocycles. The van der Waals surface area contributed by atoms with Gasteiger partial charge in [0.25, 0.3) is 0 Å². The molecule has 2 N–H and O–H groups in total. The number of rotatable bonds is 6. The van der Waals surface area contributed by atoms with Gasteiger partial charge in [0, 0.05) is 36.5 Å². The molecule has 7 heteroatoms. The molecule has 7 nitrogen and oxygen atoms in total. The molecule has 0 bridgehead atoms. The van der Waals surface area contributed by atoms with E-state index in [4.69, 9.17) is 4.52 Å². The van der Waals surface area contributed by atoms with Crippen LogP contribution in [0.25, 0.3) is 0 Å². The summed E-state index contributed by atoms with van der Waals surface area (Å²) >= 11 is 0. The maximum absolute atomic E-state index is 11.5. The molecule has 0 radical (unpaired) electrons. The molecule has 1 atom stereocenters. The molecular weight excluding hydrogens is 308 g/mol. The topological polar surface area (TPSA) is 93.2 Å². The Balaban J connectivity index is 1.74. The summed E-state index contributed by atoms with van der Waals surface area (Å²) in [6.07, 6.45) is 2.50. The minimum absolute atomic E-state index is 0.203. The quantitative estimate of drug-likeness (QED) is 0.842. The number of hydrogen-bond donors (Lipinski definition) is 2. The zero-order chi connectivity index (χ0) is 17.3. The van der Waals surface area contributed by atoms with E-state index in [0.717, 1.165) is 42.1 Å². The van der Waals surface area contributed by atoms with Crippen LogP contribution >= 0.6 is 0 Å². The van der Waals surface area contributed by atoms with Crippen LogP contribution in [0.3, 0.4) is 0 Å². The largest absolute Gasteiger partial charge is 0.476 e. The lowest BCUT2D eigenvalue weighted by molar-refractivity contribution is 0.0688. The van der Waals surface area contributed by atoms with Crippen molar-refractivity contribution in [2.75, 3.05) is 0 Å². The molecule has 0 aliphatic heterocycles. The van der Waals surface area contributed by atoms with E-state index < -0.39 is 5.97 Å². The molecule has 3 rings (SSSR count). The fourth-order valence-electron chi connectivity index (χ4n) is 3.28. The lowest BCUT2D eigenvalue weighted by Crippen LogP contribution is -2.35. The maximum Gasteiger partial charge on any atom is 0.356 e. The summed E-state index contributed by atoms with van der Waals surface area (Å²) in [6, 6.07) is 2.13. The normalized spacial score (nSPS) is 17.2. The number of fused-ring (bicyclic) bond motifs is 1. The van der Waals surface area contributed by atoms with Crippen molar-refractivity contribution < 1.29 is 14.4 Å². The number of carboxylic acid groups (broad SMARTS) is 1. The third-order valence-electron chi connectivity index (χ3n) is 4.34. The van der Waals surface area contributed by atoms with Crippen molar-refractivity contribution in [3.05, 3.63) is 34.5 Å². The molecule has 0 spiro atoms. The molecule has 130 valence electrons. The average Bonchev–Trinajstić information content (AvgIpc) is 3.08. The molecule has 0 saturated heterocycles. The second kappa shape index (κ2) is 6.76. The van der Waals surface area contributed by atoms with Crippen molar-refractivity contribution in [1.29, 1.82) is 0 Å². The highest BCUT2D eigenvalue weighted by atomic mass is 16.5. The SMILES string of the molecule is Cc1cc(CNC2CCc3c(c(C(=O)O)nn3CC(C)C)C2)no1. The zero-order valence-corrected chi connectivity index (χ0v) is 14.4. The Bertz CT molecular complexity index is 732. The summed E-state index contributed by atoms with van der Waals surface area (Å²) in [4.78, 5) is 11.5. The van der Waals surface area contributed by atoms with Crippen molar-refractivity contribution >= 4 is 5.97 Å². The Morgan fingerprint density at radius 1 is 1.54 bits per heavy atom. The second-order valence-corrected chi connectivity index (χ2v) is 6.90. The summed E-state index contributed by atoms with van der Waals surface area (Å²) in [5.74, 6) is 0.282. The van der Waals surface area contributed by atoms with E-state index in [1.165, 1.54) is 0 Å². The van der Waals surface area contributed by atoms with Gasteiger partial charge in [-0.25, -0.2) is 4.79 Å². The zero-order valence-electron chi connectivity index (χ0n) is 14.4. The molecule has 0 amide bonds. The van der Waals surface area contributed by atoms with Crippen LogP contribution in [0.4, 0.5) is 0 Å². The first kappa shape index (κ1) is 16.7. The van der Waals surface area contributed by atoms with Gasteiger partial charge < -0.3 is 14.9 Å². The van der Waals surface area contributed by atoms with Crippen LogP contribution in [0, 0.1) is 12.8 Å². The van der Waals surface area contributed by atoms with Crippen molar-refractivity contribution in [3.8, 4) is 0 Å². The van der Waals surface area contributed by atoms with Gasteiger partial charge in [-0.3, -0.25) is 4.68 Å². The van der Waals surface area contributed by atoms with Gasteiger partial charge in [0.15, 0.2) is 5.69 Å². The first-order valence-electron chi connectivity index (χ1n) is 8.41. The van der Waals surface area contributed by atoms with E-state index >= 15 is 0 Å². The Hall–Kier alpha value is -2.15. The summed E-state index contributed by atoms with van der Waals surface area (Å²) in [5, 5.41) is 21.3. The fraction of sp³-hybridized carbons (Fsp3) is 0.588. The van der Waals surface area contributed by atoms with Gasteiger partial charge in [0.1, 0.15) is 5.76 Å². The molecule has 2 aromatic rings. The van der Waals surface area contributed by atoms with E-state index in [9.17, 15) is 9.90 Å². The summed E-state index contributed by atoms with van der Waals surface area (Å²) in [7, 11) is 0. The van der Waals surface area contributed by atoms with Crippen molar-refractivity contribution in [2.24, 2.45) is 5.92 Å². The van der Waals surface area contributed by atoms with E-state index in [0.29, 0.717) is 18.9 Å². The van der Waals surface area contributed by atoms with Gasteiger partial charge in [0.05, 0.1) is 5.69 Å². The molecule has 0 fully saturated rings. The van der Waals surface area contributed by atoms with Crippen LogP contribution in [0.15, 0.2) is 10.6 Å². The number of nitrogens with one attached hydrogen (secondary N) is 1. The molecule has 1 unspecified atom stereocenters. The second-order valence-electron chi connectivity index (χ2n) is 6.90. The molecule has 1 aliphatic carbocycles.